The number of sulfone groups is 2. The summed E-state index contributed by atoms with van der Waals surface area (Å²) in [4.78, 5) is 19.4. The highest BCUT2D eigenvalue weighted by Crippen LogP contribution is 2.55. The minimum Gasteiger partial charge on any atom is -0.464 e. The molecule has 1 fully saturated rings. The molecular formula is C33H30ClNO7S2. The first kappa shape index (κ1) is 30.3. The van der Waals surface area contributed by atoms with Crippen LogP contribution in [0.1, 0.15) is 36.3 Å². The summed E-state index contributed by atoms with van der Waals surface area (Å²) in [6.45, 7) is 1.85. The van der Waals surface area contributed by atoms with Crippen molar-refractivity contribution in [3.05, 3.63) is 125 Å². The van der Waals surface area contributed by atoms with Crippen LogP contribution in [0, 0.1) is 0 Å². The van der Waals surface area contributed by atoms with E-state index in [-0.39, 0.29) is 22.8 Å². The zero-order valence-corrected chi connectivity index (χ0v) is 26.1. The van der Waals surface area contributed by atoms with Crippen molar-refractivity contribution >= 4 is 42.9 Å². The lowest BCUT2D eigenvalue weighted by molar-refractivity contribution is -0.155. The minimum atomic E-state index is -4.41. The van der Waals surface area contributed by atoms with Crippen LogP contribution in [0.15, 0.2) is 119 Å². The molecule has 228 valence electrons. The van der Waals surface area contributed by atoms with Crippen LogP contribution in [0.5, 0.6) is 0 Å². The number of nitrogens with zero attached hydrogens (tertiary/aromatic N) is 1. The average Bonchev–Trinajstić information content (AvgIpc) is 3.57. The molecule has 44 heavy (non-hydrogen) atoms. The molecule has 0 amide bonds. The number of hydrogen-bond acceptors (Lipinski definition) is 8. The minimum absolute atomic E-state index is 0.0916. The van der Waals surface area contributed by atoms with E-state index in [1.807, 2.05) is 24.3 Å². The van der Waals surface area contributed by atoms with Crippen molar-refractivity contribution in [2.24, 2.45) is 0 Å². The molecule has 0 saturated carbocycles. The van der Waals surface area contributed by atoms with E-state index in [1.165, 1.54) is 24.3 Å². The molecule has 11 heteroatoms. The number of fused-ring (bicyclic) bond motifs is 3. The third-order valence-electron chi connectivity index (χ3n) is 8.22. The Morgan fingerprint density at radius 3 is 1.95 bits per heavy atom. The van der Waals surface area contributed by atoms with Crippen LogP contribution in [0.25, 0.3) is 0 Å². The molecule has 4 atom stereocenters. The van der Waals surface area contributed by atoms with Crippen molar-refractivity contribution in [2.75, 3.05) is 11.7 Å². The highest BCUT2D eigenvalue weighted by Gasteiger charge is 2.58. The predicted octanol–water partition coefficient (Wildman–Crippen LogP) is 5.94. The lowest BCUT2D eigenvalue weighted by Gasteiger charge is -2.31. The Hall–Kier alpha value is -3.70. The summed E-state index contributed by atoms with van der Waals surface area (Å²) in [7, 11) is -8.83. The molecule has 4 aromatic rings. The van der Waals surface area contributed by atoms with Crippen LogP contribution in [-0.2, 0) is 34.0 Å². The number of ether oxygens (including phenoxy) is 1. The van der Waals surface area contributed by atoms with Crippen molar-refractivity contribution < 1.29 is 31.2 Å². The average molecular weight is 652 g/mol. The van der Waals surface area contributed by atoms with E-state index < -0.39 is 54.2 Å². The Bertz CT molecular complexity index is 1820. The lowest BCUT2D eigenvalue weighted by atomic mass is 9.89. The topological polar surface area (TPSA) is 107 Å². The fourth-order valence-corrected chi connectivity index (χ4v) is 11.1. The van der Waals surface area contributed by atoms with E-state index >= 15 is 0 Å². The first-order chi connectivity index (χ1) is 21.1. The zero-order valence-electron chi connectivity index (χ0n) is 23.7. The number of halogens is 1. The smallest absolute Gasteiger partial charge is 0.338 e. The van der Waals surface area contributed by atoms with Gasteiger partial charge in [0.15, 0.2) is 30.4 Å². The Morgan fingerprint density at radius 2 is 1.39 bits per heavy atom. The zero-order chi connectivity index (χ0) is 31.1. The second-order valence-corrected chi connectivity index (χ2v) is 15.7. The van der Waals surface area contributed by atoms with Crippen molar-refractivity contribution in [2.45, 2.75) is 51.7 Å². The van der Waals surface area contributed by atoms with Gasteiger partial charge in [-0.05, 0) is 66.9 Å². The van der Waals surface area contributed by atoms with Gasteiger partial charge in [-0.25, -0.2) is 26.7 Å². The summed E-state index contributed by atoms with van der Waals surface area (Å²) in [6.07, 6.45) is -1.33. The molecule has 4 aromatic carbocycles. The highest BCUT2D eigenvalue weighted by molar-refractivity contribution is 8.09. The molecule has 0 unspecified atom stereocenters. The van der Waals surface area contributed by atoms with E-state index in [0.29, 0.717) is 10.7 Å². The van der Waals surface area contributed by atoms with Crippen LogP contribution >= 0.6 is 11.6 Å². The van der Waals surface area contributed by atoms with E-state index in [4.69, 9.17) is 21.2 Å². The summed E-state index contributed by atoms with van der Waals surface area (Å²) in [6, 6.07) is 28.9. The van der Waals surface area contributed by atoms with Crippen LogP contribution in [0.3, 0.4) is 0 Å². The van der Waals surface area contributed by atoms with E-state index in [0.717, 1.165) is 11.1 Å². The maximum atomic E-state index is 14.3. The molecule has 8 nitrogen and oxygen atoms in total. The highest BCUT2D eigenvalue weighted by atomic mass is 35.5. The number of hydroxylamine groups is 1. The molecule has 2 aliphatic rings. The van der Waals surface area contributed by atoms with Crippen LogP contribution in [0.4, 0.5) is 5.69 Å². The van der Waals surface area contributed by atoms with Gasteiger partial charge in [0.1, 0.15) is 0 Å². The van der Waals surface area contributed by atoms with Gasteiger partial charge < -0.3 is 4.74 Å². The Kier molecular flexibility index (Phi) is 8.27. The summed E-state index contributed by atoms with van der Waals surface area (Å²) < 4.78 is 60.7. The molecule has 1 saturated heterocycles. The molecule has 1 aliphatic heterocycles. The number of rotatable bonds is 9. The maximum Gasteiger partial charge on any atom is 0.338 e. The number of carbonyl (C=O) groups is 1. The van der Waals surface area contributed by atoms with Crippen LogP contribution in [0.2, 0.25) is 5.02 Å². The second kappa shape index (κ2) is 12.0. The molecule has 1 aliphatic carbocycles. The molecule has 6 rings (SSSR count). The fraction of sp³-hybridized carbons (Fsp3) is 0.242. The van der Waals surface area contributed by atoms with Gasteiger partial charge in [-0.1, -0.05) is 78.3 Å². The van der Waals surface area contributed by atoms with E-state index in [1.54, 1.807) is 72.7 Å². The van der Waals surface area contributed by atoms with Gasteiger partial charge in [-0.15, -0.1) is 0 Å². The lowest BCUT2D eigenvalue weighted by Crippen LogP contribution is -2.38. The standard InChI is InChI=1S/C33H30ClNO7S2/c1-2-41-33(36)32-30-27-19-10-9-18-26(27)28(31(30)35(42-32)23-13-11-12-22(34)20-23)21-29(43(37,38)24-14-5-3-6-15-24)44(39,40)25-16-7-4-8-17-25/h3-20,28-32H,2,21H2,1H3/t28-,30-,31+,32-/m0/s1. The largest absolute Gasteiger partial charge is 0.464 e. The number of anilines is 1. The van der Waals surface area contributed by atoms with Gasteiger partial charge in [0.2, 0.25) is 0 Å². The summed E-state index contributed by atoms with van der Waals surface area (Å²) >= 11 is 6.35. The Morgan fingerprint density at radius 1 is 0.818 bits per heavy atom. The number of esters is 1. The van der Waals surface area contributed by atoms with Gasteiger partial charge in [-0.2, -0.15) is 0 Å². The van der Waals surface area contributed by atoms with Gasteiger partial charge in [0, 0.05) is 16.9 Å². The maximum absolute atomic E-state index is 14.3. The predicted molar refractivity (Wildman–Crippen MR) is 167 cm³/mol. The van der Waals surface area contributed by atoms with Crippen molar-refractivity contribution in [1.29, 1.82) is 0 Å². The normalized spacial score (nSPS) is 21.2. The molecule has 0 N–H and O–H groups in total. The summed E-state index contributed by atoms with van der Waals surface area (Å²) in [5.41, 5.74) is 2.08. The van der Waals surface area contributed by atoms with Crippen molar-refractivity contribution in [3.63, 3.8) is 0 Å². The Balaban J connectivity index is 1.53. The summed E-state index contributed by atoms with van der Waals surface area (Å²) in [5.74, 6) is -1.79. The first-order valence-electron chi connectivity index (χ1n) is 14.2. The molecule has 0 bridgehead atoms. The van der Waals surface area contributed by atoms with Gasteiger partial charge in [0.05, 0.1) is 28.1 Å². The monoisotopic (exact) mass is 651 g/mol. The summed E-state index contributed by atoms with van der Waals surface area (Å²) in [5, 5.41) is 2.01. The van der Waals surface area contributed by atoms with Crippen LogP contribution < -0.4 is 5.06 Å². The van der Waals surface area contributed by atoms with Gasteiger partial charge in [0.25, 0.3) is 0 Å². The van der Waals surface area contributed by atoms with Crippen LogP contribution in [-0.4, -0.2) is 46.1 Å². The van der Waals surface area contributed by atoms with E-state index in [9.17, 15) is 21.6 Å². The number of carbonyl (C=O) groups excluding carboxylic acids is 1. The SMILES string of the molecule is CCOC(=O)[C@H]1ON(c2cccc(Cl)c2)[C@H]2[C@@H]1c1ccccc1[C@@H]2CC(S(=O)(=O)c1ccccc1)S(=O)(=O)c1ccccc1. The fourth-order valence-electron chi connectivity index (χ4n) is 6.36. The number of benzene rings is 4. The Labute approximate surface area is 262 Å². The van der Waals surface area contributed by atoms with Gasteiger partial charge >= 0.3 is 5.97 Å². The van der Waals surface area contributed by atoms with Gasteiger partial charge in [-0.3, -0.25) is 4.84 Å². The molecule has 0 radical (unpaired) electrons. The number of hydrogen-bond donors (Lipinski definition) is 0. The molecular weight excluding hydrogens is 622 g/mol. The third-order valence-corrected chi connectivity index (χ3v) is 13.6. The van der Waals surface area contributed by atoms with Crippen molar-refractivity contribution in [3.8, 4) is 0 Å². The third kappa shape index (κ3) is 5.30. The van der Waals surface area contributed by atoms with E-state index in [2.05, 4.69) is 0 Å². The molecule has 0 aromatic heterocycles. The quantitative estimate of drug-likeness (QED) is 0.205. The first-order valence-corrected chi connectivity index (χ1v) is 17.7. The molecule has 0 spiro atoms. The second-order valence-electron chi connectivity index (χ2n) is 10.7. The van der Waals surface area contributed by atoms with Crippen molar-refractivity contribution in [1.82, 2.24) is 0 Å². The molecule has 1 heterocycles.